The molecule has 3 aromatic heterocycles. The number of piperidine rings is 1. The molecule has 1 unspecified atom stereocenters. The molecule has 0 bridgehead atoms. The molecular weight excluding hydrogens is 447 g/mol. The number of hydrogen-bond acceptors (Lipinski definition) is 6. The number of fused-ring (bicyclic) bond motifs is 1. The fourth-order valence-electron chi connectivity index (χ4n) is 4.12. The maximum Gasteiger partial charge on any atom is 0.393 e. The van der Waals surface area contributed by atoms with Crippen LogP contribution >= 0.6 is 0 Å². The largest absolute Gasteiger partial charge is 0.495 e. The number of ether oxygens (including phenoxy) is 1. The molecule has 0 radical (unpaired) electrons. The van der Waals surface area contributed by atoms with Gasteiger partial charge in [-0.15, -0.1) is 0 Å². The maximum atomic E-state index is 14.8. The van der Waals surface area contributed by atoms with E-state index >= 15 is 0 Å². The van der Waals surface area contributed by atoms with Crippen LogP contribution in [0.15, 0.2) is 18.3 Å². The minimum atomic E-state index is -4.37. The molecule has 2 fully saturated rings. The number of anilines is 1. The number of nitrogens with one attached hydrogen (secondary N) is 2. The van der Waals surface area contributed by atoms with Crippen molar-refractivity contribution in [3.05, 3.63) is 35.7 Å². The third kappa shape index (κ3) is 4.19. The van der Waals surface area contributed by atoms with Crippen LogP contribution in [-0.2, 0) is 0 Å². The molecule has 33 heavy (non-hydrogen) atoms. The molecule has 176 valence electrons. The van der Waals surface area contributed by atoms with Gasteiger partial charge in [-0.2, -0.15) is 18.3 Å². The highest BCUT2D eigenvalue weighted by Gasteiger charge is 2.42. The topological polar surface area (TPSA) is 76.4 Å². The van der Waals surface area contributed by atoms with E-state index in [1.807, 2.05) is 0 Å². The van der Waals surface area contributed by atoms with E-state index < -0.39 is 29.8 Å². The van der Waals surface area contributed by atoms with Crippen molar-refractivity contribution in [1.82, 2.24) is 24.9 Å². The molecule has 3 aromatic rings. The fraction of sp³-hybridized carbons (Fsp3) is 0.476. The summed E-state index contributed by atoms with van der Waals surface area (Å²) in [5.74, 6) is -2.99. The second-order valence-corrected chi connectivity index (χ2v) is 8.41. The van der Waals surface area contributed by atoms with Crippen LogP contribution < -0.4 is 15.4 Å². The average molecular weight is 468 g/mol. The summed E-state index contributed by atoms with van der Waals surface area (Å²) in [5.41, 5.74) is 1.11. The number of nitrogens with zero attached hydrogens (tertiary/aromatic N) is 4. The summed E-state index contributed by atoms with van der Waals surface area (Å²) < 4.78 is 75.4. The minimum Gasteiger partial charge on any atom is -0.495 e. The smallest absolute Gasteiger partial charge is 0.393 e. The zero-order valence-corrected chi connectivity index (χ0v) is 17.6. The van der Waals surface area contributed by atoms with Crippen LogP contribution in [0.4, 0.5) is 27.8 Å². The molecule has 2 aliphatic rings. The van der Waals surface area contributed by atoms with Gasteiger partial charge in [0.05, 0.1) is 19.2 Å². The fourth-order valence-corrected chi connectivity index (χ4v) is 4.12. The number of alkyl halides is 3. The first-order chi connectivity index (χ1) is 15.7. The van der Waals surface area contributed by atoms with Crippen LogP contribution in [0.2, 0.25) is 0 Å². The SMILES string of the molecule is COc1cc2ncc(-c3nc(NC4CNC[C@@H](C(F)(F)F)C4)c(F)cc3F)n2nc1C1CC1. The van der Waals surface area contributed by atoms with Gasteiger partial charge in [0.15, 0.2) is 23.1 Å². The standard InChI is InChI=1S/C21H21F5N6O/c1-33-16-6-17-28-9-15(32(17)31-18(16)10-2-3-10)19-13(22)5-14(23)20(30-19)29-12-4-11(7-27-8-12)21(24,25)26/h5-6,9-12,27H,2-4,7-8H2,1H3,(H,29,30)/t11-,12?/m0/s1. The van der Waals surface area contributed by atoms with Gasteiger partial charge >= 0.3 is 6.18 Å². The molecule has 0 spiro atoms. The van der Waals surface area contributed by atoms with Crippen molar-refractivity contribution in [3.63, 3.8) is 0 Å². The lowest BCUT2D eigenvalue weighted by Crippen LogP contribution is -2.48. The Labute approximate surface area is 185 Å². The highest BCUT2D eigenvalue weighted by Crippen LogP contribution is 2.43. The first kappa shape index (κ1) is 21.8. The molecule has 5 rings (SSSR count). The molecule has 2 N–H and O–H groups in total. The van der Waals surface area contributed by atoms with Crippen LogP contribution in [-0.4, -0.2) is 52.0 Å². The van der Waals surface area contributed by atoms with E-state index in [4.69, 9.17) is 4.74 Å². The first-order valence-electron chi connectivity index (χ1n) is 10.6. The number of rotatable bonds is 5. The van der Waals surface area contributed by atoms with Crippen LogP contribution in [0.3, 0.4) is 0 Å². The number of aromatic nitrogens is 4. The van der Waals surface area contributed by atoms with Gasteiger partial charge in [0.2, 0.25) is 0 Å². The zero-order chi connectivity index (χ0) is 23.3. The van der Waals surface area contributed by atoms with E-state index in [1.165, 1.54) is 17.8 Å². The quantitative estimate of drug-likeness (QED) is 0.553. The number of imidazole rings is 1. The van der Waals surface area contributed by atoms with Crippen molar-refractivity contribution in [3.8, 4) is 17.1 Å². The van der Waals surface area contributed by atoms with Gasteiger partial charge in [0, 0.05) is 37.2 Å². The van der Waals surface area contributed by atoms with E-state index in [-0.39, 0.29) is 42.6 Å². The summed E-state index contributed by atoms with van der Waals surface area (Å²) in [4.78, 5) is 8.31. The maximum absolute atomic E-state index is 14.8. The van der Waals surface area contributed by atoms with Crippen LogP contribution in [0, 0.1) is 17.6 Å². The Balaban J connectivity index is 1.49. The van der Waals surface area contributed by atoms with Crippen molar-refractivity contribution in [2.75, 3.05) is 25.5 Å². The van der Waals surface area contributed by atoms with Gasteiger partial charge in [-0.1, -0.05) is 0 Å². The lowest BCUT2D eigenvalue weighted by Gasteiger charge is -2.32. The van der Waals surface area contributed by atoms with E-state index in [0.717, 1.165) is 18.5 Å². The Hall–Kier alpha value is -3.02. The predicted octanol–water partition coefficient (Wildman–Crippen LogP) is 3.91. The summed E-state index contributed by atoms with van der Waals surface area (Å²) in [7, 11) is 1.53. The van der Waals surface area contributed by atoms with Crippen molar-refractivity contribution in [1.29, 1.82) is 0 Å². The lowest BCUT2D eigenvalue weighted by molar-refractivity contribution is -0.178. The number of halogens is 5. The van der Waals surface area contributed by atoms with E-state index in [1.54, 1.807) is 6.07 Å². The molecular formula is C21H21F5N6O. The normalized spacial score (nSPS) is 21.4. The molecule has 0 aromatic carbocycles. The number of pyridine rings is 1. The van der Waals surface area contributed by atoms with Crippen molar-refractivity contribution in [2.45, 2.75) is 37.4 Å². The van der Waals surface area contributed by atoms with Crippen molar-refractivity contribution >= 4 is 11.5 Å². The van der Waals surface area contributed by atoms with Gasteiger partial charge in [0.1, 0.15) is 22.8 Å². The summed E-state index contributed by atoms with van der Waals surface area (Å²) in [5, 5.41) is 9.96. The van der Waals surface area contributed by atoms with Gasteiger partial charge in [-0.25, -0.2) is 23.3 Å². The van der Waals surface area contributed by atoms with Gasteiger partial charge in [0.25, 0.3) is 0 Å². The minimum absolute atomic E-state index is 0.197. The number of hydrogen-bond donors (Lipinski definition) is 2. The number of methoxy groups -OCH3 is 1. The molecule has 4 heterocycles. The first-order valence-corrected chi connectivity index (χ1v) is 10.6. The predicted molar refractivity (Wildman–Crippen MR) is 109 cm³/mol. The van der Waals surface area contributed by atoms with Gasteiger partial charge in [-0.3, -0.25) is 0 Å². The average Bonchev–Trinajstić information content (AvgIpc) is 3.54. The molecule has 1 aliphatic heterocycles. The summed E-state index contributed by atoms with van der Waals surface area (Å²) in [6, 6.07) is 1.62. The van der Waals surface area contributed by atoms with Crippen LogP contribution in [0.5, 0.6) is 5.75 Å². The van der Waals surface area contributed by atoms with Crippen molar-refractivity contribution < 1.29 is 26.7 Å². The Bertz CT molecular complexity index is 1190. The Morgan fingerprint density at radius 2 is 1.94 bits per heavy atom. The van der Waals surface area contributed by atoms with E-state index in [0.29, 0.717) is 17.5 Å². The molecule has 0 amide bonds. The lowest BCUT2D eigenvalue weighted by atomic mass is 9.95. The monoisotopic (exact) mass is 468 g/mol. The Morgan fingerprint density at radius 3 is 2.64 bits per heavy atom. The van der Waals surface area contributed by atoms with Crippen LogP contribution in [0.1, 0.15) is 30.9 Å². The Morgan fingerprint density at radius 1 is 1.15 bits per heavy atom. The summed E-state index contributed by atoms with van der Waals surface area (Å²) >= 11 is 0. The second-order valence-electron chi connectivity index (χ2n) is 8.41. The molecule has 12 heteroatoms. The summed E-state index contributed by atoms with van der Waals surface area (Å²) in [6.45, 7) is -0.00530. The molecule has 1 saturated heterocycles. The third-order valence-electron chi connectivity index (χ3n) is 6.00. The molecule has 1 saturated carbocycles. The summed E-state index contributed by atoms with van der Waals surface area (Å²) in [6.07, 6.45) is -1.32. The third-order valence-corrected chi connectivity index (χ3v) is 6.00. The van der Waals surface area contributed by atoms with Gasteiger partial charge in [-0.05, 0) is 19.3 Å². The van der Waals surface area contributed by atoms with E-state index in [9.17, 15) is 22.0 Å². The highest BCUT2D eigenvalue weighted by molar-refractivity contribution is 5.63. The molecule has 2 atom stereocenters. The molecule has 1 aliphatic carbocycles. The Kier molecular flexibility index (Phi) is 5.34. The second kappa shape index (κ2) is 8.08. The van der Waals surface area contributed by atoms with Crippen molar-refractivity contribution in [2.24, 2.45) is 5.92 Å². The van der Waals surface area contributed by atoms with Gasteiger partial charge < -0.3 is 15.4 Å². The zero-order valence-electron chi connectivity index (χ0n) is 17.6. The molecule has 7 nitrogen and oxygen atoms in total. The van der Waals surface area contributed by atoms with Crippen LogP contribution in [0.25, 0.3) is 17.0 Å². The highest BCUT2D eigenvalue weighted by atomic mass is 19.4. The van der Waals surface area contributed by atoms with E-state index in [2.05, 4.69) is 25.7 Å².